The lowest BCUT2D eigenvalue weighted by atomic mass is 9.86. The van der Waals surface area contributed by atoms with Crippen molar-refractivity contribution in [3.8, 4) is 0 Å². The minimum absolute atomic E-state index is 0.0262. The number of methoxy groups -OCH3 is 1. The maximum Gasteiger partial charge on any atom is 0.411 e. The number of ether oxygens (including phenoxy) is 2. The molecule has 0 bridgehead atoms. The van der Waals surface area contributed by atoms with Crippen LogP contribution in [0.4, 0.5) is 4.79 Å². The third kappa shape index (κ3) is 2.69. The second kappa shape index (κ2) is 4.52. The van der Waals surface area contributed by atoms with Crippen molar-refractivity contribution in [2.24, 2.45) is 0 Å². The third-order valence-electron chi connectivity index (χ3n) is 2.66. The van der Waals surface area contributed by atoms with Crippen molar-refractivity contribution in [3.63, 3.8) is 0 Å². The summed E-state index contributed by atoms with van der Waals surface area (Å²) < 4.78 is 10.1. The molecule has 0 saturated carbocycles. The van der Waals surface area contributed by atoms with Gasteiger partial charge >= 0.3 is 12.1 Å². The Bertz CT molecular complexity index is 322. The first kappa shape index (κ1) is 13.8. The van der Waals surface area contributed by atoms with Gasteiger partial charge in [-0.3, -0.25) is 4.90 Å². The summed E-state index contributed by atoms with van der Waals surface area (Å²) in [5.41, 5.74) is -1.90. The summed E-state index contributed by atoms with van der Waals surface area (Å²) in [7, 11) is 1.41. The van der Waals surface area contributed by atoms with E-state index in [4.69, 9.17) is 9.47 Å². The van der Waals surface area contributed by atoms with Crippen LogP contribution in [0.15, 0.2) is 0 Å². The number of hydrogen-bond acceptors (Lipinski definition) is 4. The molecular formula is C11H19NO5. The van der Waals surface area contributed by atoms with E-state index in [1.54, 1.807) is 20.8 Å². The van der Waals surface area contributed by atoms with Crippen molar-refractivity contribution in [1.29, 1.82) is 0 Å². The Morgan fingerprint density at radius 1 is 1.41 bits per heavy atom. The second-order valence-corrected chi connectivity index (χ2v) is 5.15. The minimum atomic E-state index is -1.27. The molecule has 1 saturated heterocycles. The Morgan fingerprint density at radius 2 is 2.00 bits per heavy atom. The molecule has 1 unspecified atom stereocenters. The van der Waals surface area contributed by atoms with Gasteiger partial charge in [-0.15, -0.1) is 0 Å². The molecule has 0 radical (unpaired) electrons. The smallest absolute Gasteiger partial charge is 0.411 e. The van der Waals surface area contributed by atoms with Gasteiger partial charge in [0.05, 0.1) is 6.61 Å². The lowest BCUT2D eigenvalue weighted by molar-refractivity contribution is -0.166. The van der Waals surface area contributed by atoms with E-state index in [2.05, 4.69) is 0 Å². The molecule has 98 valence electrons. The maximum atomic E-state index is 11.8. The molecule has 1 aliphatic heterocycles. The Labute approximate surface area is 100 Å². The van der Waals surface area contributed by atoms with Gasteiger partial charge in [0, 0.05) is 20.1 Å². The fraction of sp³-hybridized carbons (Fsp3) is 0.818. The maximum absolute atomic E-state index is 11.8. The van der Waals surface area contributed by atoms with Crippen LogP contribution in [0.3, 0.4) is 0 Å². The van der Waals surface area contributed by atoms with Gasteiger partial charge < -0.3 is 14.6 Å². The molecule has 0 aromatic carbocycles. The zero-order valence-electron chi connectivity index (χ0n) is 10.6. The highest BCUT2D eigenvalue weighted by atomic mass is 16.6. The average molecular weight is 245 g/mol. The van der Waals surface area contributed by atoms with E-state index in [0.29, 0.717) is 13.0 Å². The summed E-state index contributed by atoms with van der Waals surface area (Å²) in [4.78, 5) is 24.3. The number of hydrogen-bond donors (Lipinski definition) is 1. The molecule has 1 amide bonds. The molecule has 1 fully saturated rings. The fourth-order valence-corrected chi connectivity index (χ4v) is 1.75. The first-order valence-electron chi connectivity index (χ1n) is 5.46. The molecular weight excluding hydrogens is 226 g/mol. The van der Waals surface area contributed by atoms with Crippen LogP contribution in [-0.4, -0.2) is 53.5 Å². The van der Waals surface area contributed by atoms with E-state index < -0.39 is 23.2 Å². The molecule has 17 heavy (non-hydrogen) atoms. The number of aliphatic carboxylic acids is 1. The zero-order valence-corrected chi connectivity index (χ0v) is 10.6. The molecule has 6 nitrogen and oxygen atoms in total. The highest BCUT2D eigenvalue weighted by Gasteiger charge is 2.55. The lowest BCUT2D eigenvalue weighted by Crippen LogP contribution is -2.69. The van der Waals surface area contributed by atoms with Gasteiger partial charge in [0.15, 0.2) is 5.54 Å². The molecule has 0 aromatic heterocycles. The molecule has 6 heteroatoms. The Morgan fingerprint density at radius 3 is 2.29 bits per heavy atom. The van der Waals surface area contributed by atoms with Gasteiger partial charge in [-0.1, -0.05) is 0 Å². The first-order valence-corrected chi connectivity index (χ1v) is 5.46. The van der Waals surface area contributed by atoms with Gasteiger partial charge in [-0.2, -0.15) is 0 Å². The summed E-state index contributed by atoms with van der Waals surface area (Å²) in [6.07, 6.45) is -0.224. The molecule has 0 spiro atoms. The standard InChI is InChI=1S/C11H19NO5/c1-10(2,3)17-9(15)12-6-5-11(12,7-16-4)8(13)14/h5-7H2,1-4H3,(H,13,14). The number of carbonyl (C=O) groups excluding carboxylic acids is 1. The zero-order chi connectivity index (χ0) is 13.3. The third-order valence-corrected chi connectivity index (χ3v) is 2.66. The van der Waals surface area contributed by atoms with E-state index in [-0.39, 0.29) is 6.61 Å². The van der Waals surface area contributed by atoms with Crippen molar-refractivity contribution in [1.82, 2.24) is 4.90 Å². The molecule has 1 rings (SSSR count). The van der Waals surface area contributed by atoms with Crippen LogP contribution < -0.4 is 0 Å². The molecule has 1 N–H and O–H groups in total. The molecule has 1 aliphatic rings. The van der Waals surface area contributed by atoms with E-state index >= 15 is 0 Å². The summed E-state index contributed by atoms with van der Waals surface area (Å²) in [5, 5.41) is 9.20. The molecule has 0 aliphatic carbocycles. The van der Waals surface area contributed by atoms with Crippen LogP contribution in [0.5, 0.6) is 0 Å². The normalized spacial score (nSPS) is 24.1. The molecule has 1 heterocycles. The second-order valence-electron chi connectivity index (χ2n) is 5.15. The highest BCUT2D eigenvalue weighted by molar-refractivity contribution is 5.86. The van der Waals surface area contributed by atoms with Crippen LogP contribution in [0.2, 0.25) is 0 Å². The minimum Gasteiger partial charge on any atom is -0.479 e. The number of nitrogens with zero attached hydrogens (tertiary/aromatic N) is 1. The Balaban J connectivity index is 2.78. The largest absolute Gasteiger partial charge is 0.479 e. The van der Waals surface area contributed by atoms with Gasteiger partial charge in [0.2, 0.25) is 0 Å². The van der Waals surface area contributed by atoms with Crippen LogP contribution in [0.1, 0.15) is 27.2 Å². The predicted octanol–water partition coefficient (Wildman–Crippen LogP) is 1.10. The van der Waals surface area contributed by atoms with Crippen LogP contribution in [0.25, 0.3) is 0 Å². The summed E-state index contributed by atoms with van der Waals surface area (Å²) in [6.45, 7) is 5.57. The van der Waals surface area contributed by atoms with Gasteiger partial charge in [0.1, 0.15) is 5.60 Å². The van der Waals surface area contributed by atoms with Gasteiger partial charge in [0.25, 0.3) is 0 Å². The first-order chi connectivity index (χ1) is 7.73. The van der Waals surface area contributed by atoms with E-state index in [1.165, 1.54) is 12.0 Å². The summed E-state index contributed by atoms with van der Waals surface area (Å²) in [6, 6.07) is 0. The van der Waals surface area contributed by atoms with Crippen molar-refractivity contribution < 1.29 is 24.2 Å². The molecule has 1 atom stereocenters. The average Bonchev–Trinajstić information content (AvgIpc) is 2.07. The number of amides is 1. The van der Waals surface area contributed by atoms with Crippen molar-refractivity contribution in [2.45, 2.75) is 38.3 Å². The Hall–Kier alpha value is -1.30. The number of rotatable bonds is 3. The number of carboxylic acid groups (broad SMARTS) is 1. The van der Waals surface area contributed by atoms with Crippen molar-refractivity contribution in [2.75, 3.05) is 20.3 Å². The topological polar surface area (TPSA) is 76.1 Å². The number of carbonyl (C=O) groups is 2. The number of likely N-dealkylation sites (tertiary alicyclic amines) is 1. The predicted molar refractivity (Wildman–Crippen MR) is 59.8 cm³/mol. The SMILES string of the molecule is COCC1(C(=O)O)CCN1C(=O)OC(C)(C)C. The van der Waals surface area contributed by atoms with Crippen molar-refractivity contribution >= 4 is 12.1 Å². The van der Waals surface area contributed by atoms with Crippen LogP contribution in [0, 0.1) is 0 Å². The summed E-state index contributed by atoms with van der Waals surface area (Å²) in [5.74, 6) is -1.06. The summed E-state index contributed by atoms with van der Waals surface area (Å²) >= 11 is 0. The van der Waals surface area contributed by atoms with Gasteiger partial charge in [-0.25, -0.2) is 9.59 Å². The monoisotopic (exact) mass is 245 g/mol. The van der Waals surface area contributed by atoms with Crippen LogP contribution >= 0.6 is 0 Å². The highest BCUT2D eigenvalue weighted by Crippen LogP contribution is 2.33. The van der Waals surface area contributed by atoms with E-state index in [1.807, 2.05) is 0 Å². The Kier molecular flexibility index (Phi) is 3.66. The fourth-order valence-electron chi connectivity index (χ4n) is 1.75. The van der Waals surface area contributed by atoms with E-state index in [0.717, 1.165) is 0 Å². The molecule has 0 aromatic rings. The quantitative estimate of drug-likeness (QED) is 0.805. The lowest BCUT2D eigenvalue weighted by Gasteiger charge is -2.48. The number of carboxylic acids is 1. The van der Waals surface area contributed by atoms with E-state index in [9.17, 15) is 14.7 Å². The van der Waals surface area contributed by atoms with Crippen LogP contribution in [-0.2, 0) is 14.3 Å². The van der Waals surface area contributed by atoms with Gasteiger partial charge in [-0.05, 0) is 20.8 Å². The van der Waals surface area contributed by atoms with Crippen molar-refractivity contribution in [3.05, 3.63) is 0 Å².